The summed E-state index contributed by atoms with van der Waals surface area (Å²) in [6, 6.07) is 19.8. The number of benzene rings is 2. The normalized spacial score (nSPS) is 17.4. The second kappa shape index (κ2) is 9.08. The van der Waals surface area contributed by atoms with E-state index in [2.05, 4.69) is 0 Å². The number of nitrogens with zero attached hydrogens (tertiary/aromatic N) is 2. The maximum Gasteiger partial charge on any atom is 0.243 e. The van der Waals surface area contributed by atoms with Crippen molar-refractivity contribution in [2.45, 2.75) is 31.2 Å². The topological polar surface area (TPSA) is 70.8 Å². The van der Waals surface area contributed by atoms with Gasteiger partial charge in [0.25, 0.3) is 0 Å². The molecule has 7 heteroatoms. The van der Waals surface area contributed by atoms with Crippen molar-refractivity contribution >= 4 is 21.6 Å². The molecule has 0 N–H and O–H groups in total. The average molecular weight is 439 g/mol. The summed E-state index contributed by atoms with van der Waals surface area (Å²) in [6.07, 6.45) is 2.88. The molecule has 0 saturated carbocycles. The summed E-state index contributed by atoms with van der Waals surface area (Å²) in [5.41, 5.74) is 1.88. The second-order valence-corrected chi connectivity index (χ2v) is 9.79. The van der Waals surface area contributed by atoms with Crippen LogP contribution in [0.15, 0.2) is 82.3 Å². The van der Waals surface area contributed by atoms with E-state index in [0.29, 0.717) is 31.7 Å². The van der Waals surface area contributed by atoms with Gasteiger partial charge in [0.15, 0.2) is 0 Å². The summed E-state index contributed by atoms with van der Waals surface area (Å²) >= 11 is 0. The molecular weight excluding hydrogens is 412 g/mol. The number of rotatable bonds is 6. The SMILES string of the molecule is Cc1ccc(N(Cc2ccco2)C(=O)C2CCCN(S(=O)(=O)c3ccccc3)C2)cc1. The van der Waals surface area contributed by atoms with Gasteiger partial charge in [0, 0.05) is 18.8 Å². The van der Waals surface area contributed by atoms with Crippen LogP contribution < -0.4 is 4.90 Å². The van der Waals surface area contributed by atoms with Gasteiger partial charge in [0.05, 0.1) is 23.6 Å². The number of hydrogen-bond donors (Lipinski definition) is 0. The molecule has 31 heavy (non-hydrogen) atoms. The fourth-order valence-electron chi connectivity index (χ4n) is 3.90. The van der Waals surface area contributed by atoms with Crippen molar-refractivity contribution in [1.82, 2.24) is 4.31 Å². The highest BCUT2D eigenvalue weighted by atomic mass is 32.2. The standard InChI is InChI=1S/C24H26N2O4S/c1-19-11-13-21(14-12-19)26(18-22-8-6-16-30-22)24(27)20-7-5-15-25(17-20)31(28,29)23-9-3-2-4-10-23/h2-4,6,8-14,16,20H,5,7,15,17-18H2,1H3. The molecule has 4 rings (SSSR count). The van der Waals surface area contributed by atoms with Crippen molar-refractivity contribution in [3.8, 4) is 0 Å². The second-order valence-electron chi connectivity index (χ2n) is 7.85. The summed E-state index contributed by atoms with van der Waals surface area (Å²) < 4.78 is 33.1. The monoisotopic (exact) mass is 438 g/mol. The number of carbonyl (C=O) groups excluding carboxylic acids is 1. The van der Waals surface area contributed by atoms with Crippen molar-refractivity contribution in [3.05, 3.63) is 84.3 Å². The average Bonchev–Trinajstić information content (AvgIpc) is 3.32. The molecule has 2 aromatic carbocycles. The zero-order valence-electron chi connectivity index (χ0n) is 17.5. The third-order valence-electron chi connectivity index (χ3n) is 5.62. The molecule has 162 valence electrons. The van der Waals surface area contributed by atoms with Crippen molar-refractivity contribution in [2.24, 2.45) is 5.92 Å². The van der Waals surface area contributed by atoms with E-state index in [0.717, 1.165) is 11.3 Å². The van der Waals surface area contributed by atoms with Gasteiger partial charge in [-0.3, -0.25) is 4.79 Å². The zero-order valence-corrected chi connectivity index (χ0v) is 18.3. The Morgan fingerprint density at radius 3 is 2.48 bits per heavy atom. The summed E-state index contributed by atoms with van der Waals surface area (Å²) in [4.78, 5) is 15.5. The molecule has 1 unspecified atom stereocenters. The molecule has 0 spiro atoms. The van der Waals surface area contributed by atoms with Crippen LogP contribution in [-0.4, -0.2) is 31.7 Å². The van der Waals surface area contributed by atoms with E-state index in [1.54, 1.807) is 47.6 Å². The summed E-state index contributed by atoms with van der Waals surface area (Å²) in [5.74, 6) is 0.176. The maximum atomic E-state index is 13.6. The van der Waals surface area contributed by atoms with E-state index in [4.69, 9.17) is 4.42 Å². The van der Waals surface area contributed by atoms with Crippen molar-refractivity contribution in [2.75, 3.05) is 18.0 Å². The van der Waals surface area contributed by atoms with Gasteiger partial charge in [-0.05, 0) is 56.2 Å². The first kappa shape index (κ1) is 21.3. The third-order valence-corrected chi connectivity index (χ3v) is 7.50. The van der Waals surface area contributed by atoms with Crippen LogP contribution in [0.4, 0.5) is 5.69 Å². The van der Waals surface area contributed by atoms with Crippen molar-refractivity contribution in [1.29, 1.82) is 0 Å². The Bertz CT molecular complexity index is 1110. The van der Waals surface area contributed by atoms with E-state index < -0.39 is 15.9 Å². The first-order valence-electron chi connectivity index (χ1n) is 10.4. The highest BCUT2D eigenvalue weighted by Gasteiger charge is 2.35. The lowest BCUT2D eigenvalue weighted by atomic mass is 9.97. The molecule has 1 amide bonds. The van der Waals surface area contributed by atoms with Crippen molar-refractivity contribution < 1.29 is 17.6 Å². The van der Waals surface area contributed by atoms with E-state index in [1.807, 2.05) is 37.3 Å². The van der Waals surface area contributed by atoms with E-state index in [9.17, 15) is 13.2 Å². The third kappa shape index (κ3) is 4.73. The van der Waals surface area contributed by atoms with E-state index in [-0.39, 0.29) is 17.3 Å². The minimum atomic E-state index is -3.63. The van der Waals surface area contributed by atoms with Crippen molar-refractivity contribution in [3.63, 3.8) is 0 Å². The number of hydrogen-bond acceptors (Lipinski definition) is 4. The van der Waals surface area contributed by atoms with Crippen LogP contribution >= 0.6 is 0 Å². The van der Waals surface area contributed by atoms with Gasteiger partial charge in [-0.15, -0.1) is 0 Å². The van der Waals surface area contributed by atoms with E-state index >= 15 is 0 Å². The first-order valence-corrected chi connectivity index (χ1v) is 11.8. The molecule has 2 heterocycles. The minimum Gasteiger partial charge on any atom is -0.467 e. The summed E-state index contributed by atoms with van der Waals surface area (Å²) in [5, 5.41) is 0. The molecule has 3 aromatic rings. The highest BCUT2D eigenvalue weighted by molar-refractivity contribution is 7.89. The van der Waals surface area contributed by atoms with Gasteiger partial charge >= 0.3 is 0 Å². The Labute approximate surface area is 183 Å². The van der Waals surface area contributed by atoms with E-state index in [1.165, 1.54) is 4.31 Å². The Hall–Kier alpha value is -2.90. The quantitative estimate of drug-likeness (QED) is 0.578. The van der Waals surface area contributed by atoms with Gasteiger partial charge in [0.1, 0.15) is 5.76 Å². The number of sulfonamides is 1. The van der Waals surface area contributed by atoms with Crippen LogP contribution in [0, 0.1) is 12.8 Å². The molecule has 1 atom stereocenters. The maximum absolute atomic E-state index is 13.6. The van der Waals surface area contributed by atoms with Gasteiger partial charge in [-0.25, -0.2) is 8.42 Å². The highest BCUT2D eigenvalue weighted by Crippen LogP contribution is 2.28. The molecule has 0 aliphatic carbocycles. The van der Waals surface area contributed by atoms with Crippen LogP contribution in [0.1, 0.15) is 24.2 Å². The molecule has 1 aliphatic heterocycles. The molecule has 1 saturated heterocycles. The van der Waals surface area contributed by atoms with Gasteiger partial charge in [-0.1, -0.05) is 35.9 Å². The van der Waals surface area contributed by atoms with Gasteiger partial charge < -0.3 is 9.32 Å². The van der Waals surface area contributed by atoms with Gasteiger partial charge in [0.2, 0.25) is 15.9 Å². The number of anilines is 1. The molecule has 1 aliphatic rings. The lowest BCUT2D eigenvalue weighted by molar-refractivity contribution is -0.123. The predicted molar refractivity (Wildman–Crippen MR) is 119 cm³/mol. The molecule has 6 nitrogen and oxygen atoms in total. The molecule has 1 fully saturated rings. The number of aryl methyl sites for hydroxylation is 1. The Morgan fingerprint density at radius 1 is 1.06 bits per heavy atom. The number of furan rings is 1. The number of carbonyl (C=O) groups is 1. The molecule has 0 radical (unpaired) electrons. The lowest BCUT2D eigenvalue weighted by Crippen LogP contribution is -2.46. The Kier molecular flexibility index (Phi) is 6.25. The summed E-state index contributed by atoms with van der Waals surface area (Å²) in [6.45, 7) is 2.90. The zero-order chi connectivity index (χ0) is 21.8. The van der Waals surface area contributed by atoms with Crippen LogP contribution in [0.3, 0.4) is 0 Å². The summed E-state index contributed by atoms with van der Waals surface area (Å²) in [7, 11) is -3.63. The fraction of sp³-hybridized carbons (Fsp3) is 0.292. The number of piperidine rings is 1. The minimum absolute atomic E-state index is 0.0896. The lowest BCUT2D eigenvalue weighted by Gasteiger charge is -2.34. The first-order chi connectivity index (χ1) is 14.9. The van der Waals surface area contributed by atoms with Gasteiger partial charge in [-0.2, -0.15) is 4.31 Å². The number of amides is 1. The van der Waals surface area contributed by atoms with Crippen LogP contribution in [-0.2, 0) is 21.4 Å². The Morgan fingerprint density at radius 2 is 1.81 bits per heavy atom. The molecular formula is C24H26N2O4S. The van der Waals surface area contributed by atoms with Crippen LogP contribution in [0.25, 0.3) is 0 Å². The smallest absolute Gasteiger partial charge is 0.243 e. The molecule has 1 aromatic heterocycles. The predicted octanol–water partition coefficient (Wildman–Crippen LogP) is 4.22. The Balaban J connectivity index is 1.58. The van der Waals surface area contributed by atoms with Crippen LogP contribution in [0.2, 0.25) is 0 Å². The largest absolute Gasteiger partial charge is 0.467 e. The molecule has 0 bridgehead atoms. The van der Waals surface area contributed by atoms with Crippen LogP contribution in [0.5, 0.6) is 0 Å². The fourth-order valence-corrected chi connectivity index (χ4v) is 5.45.